The molecule has 0 rings (SSSR count). The Kier molecular flexibility index (Phi) is 21.1. The molecule has 6 amide bonds. The normalized spacial score (nSPS) is 16.5. The van der Waals surface area contributed by atoms with Gasteiger partial charge in [0.25, 0.3) is 0 Å². The maximum absolute atomic E-state index is 13.4. The molecule has 0 radical (unpaired) electrons. The lowest BCUT2D eigenvalue weighted by molar-refractivity contribution is -0.147. The van der Waals surface area contributed by atoms with Crippen LogP contribution in [0.2, 0.25) is 0 Å². The molecule has 0 heterocycles. The van der Waals surface area contributed by atoms with E-state index in [0.29, 0.717) is 25.8 Å². The van der Waals surface area contributed by atoms with Crippen LogP contribution in [0.15, 0.2) is 0 Å². The molecule has 0 fully saturated rings. The molecule has 0 spiro atoms. The quantitative estimate of drug-likeness (QED) is 0.0412. The van der Waals surface area contributed by atoms with Gasteiger partial charge in [-0.2, -0.15) is 0 Å². The van der Waals surface area contributed by atoms with E-state index in [9.17, 15) is 53.7 Å². The molecule has 0 aliphatic carbocycles. The zero-order valence-corrected chi connectivity index (χ0v) is 29.4. The highest BCUT2D eigenvalue weighted by Crippen LogP contribution is 2.08. The van der Waals surface area contributed by atoms with Crippen LogP contribution in [-0.4, -0.2) is 141 Å². The maximum atomic E-state index is 13.4. The van der Waals surface area contributed by atoms with Gasteiger partial charge in [-0.15, -0.1) is 0 Å². The summed E-state index contributed by atoms with van der Waals surface area (Å²) in [5, 5.41) is 61.6. The van der Waals surface area contributed by atoms with E-state index in [0.717, 1.165) is 6.92 Å². The van der Waals surface area contributed by atoms with Crippen LogP contribution in [0.3, 0.4) is 0 Å². The highest BCUT2D eigenvalue weighted by Gasteiger charge is 2.36. The number of nitrogens with one attached hydrogen (secondary N) is 6. The van der Waals surface area contributed by atoms with E-state index >= 15 is 0 Å². The van der Waals surface area contributed by atoms with Crippen molar-refractivity contribution in [2.24, 2.45) is 17.4 Å². The summed E-state index contributed by atoms with van der Waals surface area (Å²) in [7, 11) is 0. The van der Waals surface area contributed by atoms with Gasteiger partial charge < -0.3 is 68.9 Å². The highest BCUT2D eigenvalue weighted by molar-refractivity contribution is 5.97. The second-order valence-corrected chi connectivity index (χ2v) is 12.5. The second-order valence-electron chi connectivity index (χ2n) is 12.5. The Balaban J connectivity index is 5.79. The van der Waals surface area contributed by atoms with Crippen LogP contribution in [0.25, 0.3) is 0 Å². The number of carbonyl (C=O) groups is 8. The standard InChI is InChI=1S/C30H54N8O13/c1-13(2)10-18(34-28(48)22(15(4)40)37-24(44)14(3)33-25(45)17(32)8-6-7-9-31)26(46)38-23(16(5)41)29(49)36-20(12-39)27(47)35-19(30(50)51)11-21(42)43/h13-20,22-23,39-41H,6-12,31-32H2,1-5H3,(H,33,45)(H,34,48)(H,35,47)(H,36,49)(H,37,44)(H,38,46)(H,42,43)(H,50,51)/t14-,15+,16+,17-,18-,19-,20-,22-,23-/m0/s1. The first-order valence-corrected chi connectivity index (χ1v) is 16.4. The van der Waals surface area contributed by atoms with Crippen molar-refractivity contribution in [3.8, 4) is 0 Å². The summed E-state index contributed by atoms with van der Waals surface area (Å²) >= 11 is 0. The molecule has 9 atom stereocenters. The van der Waals surface area contributed by atoms with Gasteiger partial charge >= 0.3 is 11.9 Å². The predicted octanol–water partition coefficient (Wildman–Crippen LogP) is -5.27. The molecule has 0 bridgehead atoms. The predicted molar refractivity (Wildman–Crippen MR) is 178 cm³/mol. The van der Waals surface area contributed by atoms with Crippen molar-refractivity contribution in [1.29, 1.82) is 0 Å². The molecule has 0 saturated carbocycles. The monoisotopic (exact) mass is 734 g/mol. The minimum absolute atomic E-state index is 0.0392. The van der Waals surface area contributed by atoms with Crippen LogP contribution in [-0.2, 0) is 38.4 Å². The topological polar surface area (TPSA) is 362 Å². The van der Waals surface area contributed by atoms with Crippen LogP contribution >= 0.6 is 0 Å². The lowest BCUT2D eigenvalue weighted by Gasteiger charge is -2.29. The number of aliphatic hydroxyl groups excluding tert-OH is 3. The van der Waals surface area contributed by atoms with Gasteiger partial charge in [-0.05, 0) is 52.5 Å². The minimum Gasteiger partial charge on any atom is -0.481 e. The Morgan fingerprint density at radius 3 is 1.51 bits per heavy atom. The molecule has 0 aliphatic rings. The molecule has 0 aromatic heterocycles. The fourth-order valence-corrected chi connectivity index (χ4v) is 4.44. The summed E-state index contributed by atoms with van der Waals surface area (Å²) in [6.07, 6.45) is -2.60. The molecule has 21 nitrogen and oxygen atoms in total. The minimum atomic E-state index is -1.90. The zero-order valence-electron chi connectivity index (χ0n) is 29.4. The highest BCUT2D eigenvalue weighted by atomic mass is 16.4. The third kappa shape index (κ3) is 17.4. The fraction of sp³-hybridized carbons (Fsp3) is 0.733. The van der Waals surface area contributed by atoms with Crippen molar-refractivity contribution < 1.29 is 63.9 Å². The molecule has 0 aromatic carbocycles. The van der Waals surface area contributed by atoms with Crippen LogP contribution < -0.4 is 43.4 Å². The summed E-state index contributed by atoms with van der Waals surface area (Å²) in [6, 6.07) is -10.6. The Bertz CT molecular complexity index is 1220. The number of unbranched alkanes of at least 4 members (excludes halogenated alkanes) is 1. The van der Waals surface area contributed by atoms with Crippen LogP contribution in [0.4, 0.5) is 0 Å². The van der Waals surface area contributed by atoms with Gasteiger partial charge in [-0.3, -0.25) is 33.6 Å². The summed E-state index contributed by atoms with van der Waals surface area (Å²) in [4.78, 5) is 99.6. The number of amides is 6. The van der Waals surface area contributed by atoms with E-state index in [1.165, 1.54) is 13.8 Å². The Labute approximate surface area is 295 Å². The average molecular weight is 735 g/mol. The first-order valence-electron chi connectivity index (χ1n) is 16.4. The molecule has 292 valence electrons. The van der Waals surface area contributed by atoms with E-state index in [2.05, 4.69) is 21.3 Å². The van der Waals surface area contributed by atoms with Crippen molar-refractivity contribution in [3.63, 3.8) is 0 Å². The molecule has 0 aromatic rings. The SMILES string of the molecule is CC(C)C[C@H](NC(=O)[C@@H](NC(=O)[C@H](C)NC(=O)[C@@H](N)CCCCN)[C@@H](C)O)C(=O)N[C@H](C(=O)N[C@@H](CO)C(=O)N[C@@H](CC(=O)O)C(=O)O)[C@@H](C)O. The second kappa shape index (κ2) is 23.1. The molecule has 0 unspecified atom stereocenters. The number of carbonyl (C=O) groups excluding carboxylic acids is 6. The Morgan fingerprint density at radius 2 is 1.08 bits per heavy atom. The van der Waals surface area contributed by atoms with Crippen molar-refractivity contribution >= 4 is 47.4 Å². The number of carboxylic acids is 2. The molecular weight excluding hydrogens is 680 g/mol. The molecule has 0 aliphatic heterocycles. The summed E-state index contributed by atoms with van der Waals surface area (Å²) in [6.45, 7) is 6.37. The summed E-state index contributed by atoms with van der Waals surface area (Å²) in [5.41, 5.74) is 11.3. The van der Waals surface area contributed by atoms with Crippen LogP contribution in [0.5, 0.6) is 0 Å². The van der Waals surface area contributed by atoms with Crippen LogP contribution in [0.1, 0.15) is 66.7 Å². The number of aliphatic carboxylic acids is 2. The Hall–Kier alpha value is -4.44. The first-order chi connectivity index (χ1) is 23.7. The lowest BCUT2D eigenvalue weighted by Crippen LogP contribution is -2.63. The van der Waals surface area contributed by atoms with Crippen molar-refractivity contribution in [3.05, 3.63) is 0 Å². The van der Waals surface area contributed by atoms with Crippen LogP contribution in [0, 0.1) is 5.92 Å². The van der Waals surface area contributed by atoms with E-state index in [1.807, 2.05) is 10.6 Å². The third-order valence-electron chi connectivity index (χ3n) is 7.33. The zero-order chi connectivity index (χ0) is 39.6. The van der Waals surface area contributed by atoms with Gasteiger partial charge in [-0.25, -0.2) is 4.79 Å². The molecule has 15 N–H and O–H groups in total. The Morgan fingerprint density at radius 1 is 0.608 bits per heavy atom. The number of carboxylic acid groups (broad SMARTS) is 2. The summed E-state index contributed by atoms with van der Waals surface area (Å²) in [5.74, 6) is -9.48. The maximum Gasteiger partial charge on any atom is 0.326 e. The van der Waals surface area contributed by atoms with E-state index in [1.54, 1.807) is 13.8 Å². The fourth-order valence-electron chi connectivity index (χ4n) is 4.44. The van der Waals surface area contributed by atoms with Gasteiger partial charge in [-0.1, -0.05) is 20.3 Å². The van der Waals surface area contributed by atoms with Gasteiger partial charge in [0, 0.05) is 0 Å². The number of hydrogen-bond donors (Lipinski definition) is 13. The summed E-state index contributed by atoms with van der Waals surface area (Å²) < 4.78 is 0. The molecule has 0 saturated heterocycles. The van der Waals surface area contributed by atoms with Crippen molar-refractivity contribution in [2.45, 2.75) is 121 Å². The first kappa shape index (κ1) is 46.6. The number of nitrogens with two attached hydrogens (primary N) is 2. The number of rotatable bonds is 24. The average Bonchev–Trinajstić information content (AvgIpc) is 3.02. The largest absolute Gasteiger partial charge is 0.481 e. The molecular formula is C30H54N8O13. The van der Waals surface area contributed by atoms with Gasteiger partial charge in [0.05, 0.1) is 31.3 Å². The van der Waals surface area contributed by atoms with Gasteiger partial charge in [0.2, 0.25) is 35.4 Å². The van der Waals surface area contributed by atoms with Gasteiger partial charge in [0.1, 0.15) is 36.3 Å². The van der Waals surface area contributed by atoms with E-state index in [-0.39, 0.29) is 12.3 Å². The molecule has 51 heavy (non-hydrogen) atoms. The number of aliphatic hydroxyl groups is 3. The van der Waals surface area contributed by atoms with Crippen molar-refractivity contribution in [1.82, 2.24) is 31.9 Å². The number of hydrogen-bond acceptors (Lipinski definition) is 13. The van der Waals surface area contributed by atoms with Crippen molar-refractivity contribution in [2.75, 3.05) is 13.2 Å². The van der Waals surface area contributed by atoms with Gasteiger partial charge in [0.15, 0.2) is 0 Å². The lowest BCUT2D eigenvalue weighted by atomic mass is 10.0. The van der Waals surface area contributed by atoms with E-state index in [4.69, 9.17) is 21.7 Å². The third-order valence-corrected chi connectivity index (χ3v) is 7.33. The smallest absolute Gasteiger partial charge is 0.326 e. The molecule has 21 heteroatoms. The van der Waals surface area contributed by atoms with E-state index < -0.39 is 115 Å².